The number of carbonyl (C=O) groups is 1. The van der Waals surface area contributed by atoms with Crippen LogP contribution in [0.5, 0.6) is 11.5 Å². The second-order valence-corrected chi connectivity index (χ2v) is 5.26. The molecule has 3 N–H and O–H groups in total. The first-order chi connectivity index (χ1) is 8.87. The van der Waals surface area contributed by atoms with Crippen LogP contribution in [0, 0.1) is 5.41 Å². The predicted octanol–water partition coefficient (Wildman–Crippen LogP) is 1.89. The Kier molecular flexibility index (Phi) is 5.18. The molecule has 0 saturated carbocycles. The van der Waals surface area contributed by atoms with Gasteiger partial charge in [0.1, 0.15) is 17.1 Å². The van der Waals surface area contributed by atoms with Crippen LogP contribution in [-0.4, -0.2) is 36.4 Å². The number of phenolic OH excluding ortho intramolecular Hbond substituents is 2. The fourth-order valence-electron chi connectivity index (χ4n) is 1.64. The lowest BCUT2D eigenvalue weighted by Gasteiger charge is -2.24. The fraction of sp³-hybridized carbons (Fsp3) is 0.500. The third-order valence-corrected chi connectivity index (χ3v) is 2.96. The van der Waals surface area contributed by atoms with Crippen LogP contribution in [0.2, 0.25) is 0 Å². The van der Waals surface area contributed by atoms with Crippen molar-refractivity contribution < 1.29 is 19.7 Å². The molecule has 0 spiro atoms. The fourth-order valence-corrected chi connectivity index (χ4v) is 1.64. The Hall–Kier alpha value is -1.75. The number of nitrogens with one attached hydrogen (secondary N) is 1. The molecule has 0 aromatic heterocycles. The number of hydrogen-bond donors (Lipinski definition) is 3. The minimum Gasteiger partial charge on any atom is -0.507 e. The molecule has 1 aromatic carbocycles. The highest BCUT2D eigenvalue weighted by Gasteiger charge is 2.21. The van der Waals surface area contributed by atoms with Gasteiger partial charge < -0.3 is 20.3 Å². The Labute approximate surface area is 113 Å². The summed E-state index contributed by atoms with van der Waals surface area (Å²) in [4.78, 5) is 11.9. The molecule has 0 bridgehead atoms. The Morgan fingerprint density at radius 2 is 1.89 bits per heavy atom. The summed E-state index contributed by atoms with van der Waals surface area (Å²) in [5, 5.41) is 21.9. The molecule has 0 radical (unpaired) electrons. The summed E-state index contributed by atoms with van der Waals surface area (Å²) in [7, 11) is 1.63. The summed E-state index contributed by atoms with van der Waals surface area (Å²) < 4.78 is 5.01. The zero-order valence-electron chi connectivity index (χ0n) is 11.6. The molecule has 0 atom stereocenters. The Balaban J connectivity index is 2.66. The normalized spacial score (nSPS) is 11.3. The van der Waals surface area contributed by atoms with Crippen LogP contribution in [0.15, 0.2) is 18.2 Å². The number of carbonyl (C=O) groups excluding carboxylic acids is 1. The molecule has 0 aliphatic rings. The van der Waals surface area contributed by atoms with Gasteiger partial charge in [0.2, 0.25) is 0 Å². The van der Waals surface area contributed by atoms with Gasteiger partial charge in [-0.3, -0.25) is 4.79 Å². The maximum Gasteiger partial charge on any atom is 0.258 e. The number of methoxy groups -OCH3 is 1. The van der Waals surface area contributed by atoms with Crippen molar-refractivity contribution in [1.82, 2.24) is 5.32 Å². The summed E-state index contributed by atoms with van der Waals surface area (Å²) >= 11 is 0. The standard InChI is InChI=1S/C14H21NO4/c1-14(2,7-8-19-3)9-15-13(18)12-10(16)5-4-6-11(12)17/h4-6,16-17H,7-9H2,1-3H3,(H,15,18). The molecule has 106 valence electrons. The summed E-state index contributed by atoms with van der Waals surface area (Å²) in [6.07, 6.45) is 0.802. The molecule has 5 heteroatoms. The third-order valence-electron chi connectivity index (χ3n) is 2.96. The monoisotopic (exact) mass is 267 g/mol. The first-order valence-corrected chi connectivity index (χ1v) is 6.15. The Morgan fingerprint density at radius 3 is 2.42 bits per heavy atom. The molecule has 0 saturated heterocycles. The van der Waals surface area contributed by atoms with E-state index < -0.39 is 5.91 Å². The molecular formula is C14H21NO4. The average molecular weight is 267 g/mol. The van der Waals surface area contributed by atoms with Crippen LogP contribution in [-0.2, 0) is 4.74 Å². The van der Waals surface area contributed by atoms with Gasteiger partial charge in [0.15, 0.2) is 0 Å². The van der Waals surface area contributed by atoms with Gasteiger partial charge in [-0.05, 0) is 24.0 Å². The second-order valence-electron chi connectivity index (χ2n) is 5.26. The van der Waals surface area contributed by atoms with E-state index in [-0.39, 0.29) is 22.5 Å². The van der Waals surface area contributed by atoms with Gasteiger partial charge in [-0.15, -0.1) is 0 Å². The van der Waals surface area contributed by atoms with Crippen molar-refractivity contribution in [1.29, 1.82) is 0 Å². The molecule has 0 aliphatic carbocycles. The molecule has 0 heterocycles. The van der Waals surface area contributed by atoms with Gasteiger partial charge in [0.25, 0.3) is 5.91 Å². The lowest BCUT2D eigenvalue weighted by Crippen LogP contribution is -2.34. The molecule has 0 unspecified atom stereocenters. The summed E-state index contributed by atoms with van der Waals surface area (Å²) in [6, 6.07) is 4.21. The zero-order valence-corrected chi connectivity index (χ0v) is 11.6. The van der Waals surface area contributed by atoms with Crippen molar-refractivity contribution in [3.8, 4) is 11.5 Å². The minimum absolute atomic E-state index is 0.0926. The first kappa shape index (κ1) is 15.3. The second kappa shape index (κ2) is 6.43. The maximum absolute atomic E-state index is 11.9. The summed E-state index contributed by atoms with van der Waals surface area (Å²) in [6.45, 7) is 5.07. The van der Waals surface area contributed by atoms with E-state index in [4.69, 9.17) is 4.74 Å². The molecule has 1 rings (SSSR count). The van der Waals surface area contributed by atoms with E-state index in [9.17, 15) is 15.0 Å². The Morgan fingerprint density at radius 1 is 1.32 bits per heavy atom. The van der Waals surface area contributed by atoms with Gasteiger partial charge in [0, 0.05) is 20.3 Å². The summed E-state index contributed by atoms with van der Waals surface area (Å²) in [5.41, 5.74) is -0.212. The molecule has 5 nitrogen and oxygen atoms in total. The van der Waals surface area contributed by atoms with Crippen LogP contribution in [0.25, 0.3) is 0 Å². The van der Waals surface area contributed by atoms with Gasteiger partial charge >= 0.3 is 0 Å². The number of aromatic hydroxyl groups is 2. The molecule has 1 amide bonds. The topological polar surface area (TPSA) is 78.8 Å². The lowest BCUT2D eigenvalue weighted by atomic mass is 9.89. The van der Waals surface area contributed by atoms with Crippen LogP contribution in [0.4, 0.5) is 0 Å². The number of rotatable bonds is 6. The smallest absolute Gasteiger partial charge is 0.258 e. The van der Waals surface area contributed by atoms with Crippen LogP contribution >= 0.6 is 0 Å². The number of ether oxygens (including phenoxy) is 1. The van der Waals surface area contributed by atoms with E-state index >= 15 is 0 Å². The van der Waals surface area contributed by atoms with Crippen LogP contribution < -0.4 is 5.32 Å². The van der Waals surface area contributed by atoms with E-state index in [2.05, 4.69) is 5.32 Å². The number of phenols is 2. The van der Waals surface area contributed by atoms with E-state index in [1.807, 2.05) is 13.8 Å². The molecule has 0 fully saturated rings. The average Bonchev–Trinajstić information content (AvgIpc) is 2.34. The van der Waals surface area contributed by atoms with E-state index in [1.54, 1.807) is 7.11 Å². The van der Waals surface area contributed by atoms with Gasteiger partial charge in [0.05, 0.1) is 0 Å². The summed E-state index contributed by atoms with van der Waals surface area (Å²) in [5.74, 6) is -0.944. The zero-order chi connectivity index (χ0) is 14.5. The third kappa shape index (κ3) is 4.44. The minimum atomic E-state index is -0.485. The van der Waals surface area contributed by atoms with Crippen molar-refractivity contribution >= 4 is 5.91 Å². The van der Waals surface area contributed by atoms with Crippen molar-refractivity contribution in [3.05, 3.63) is 23.8 Å². The molecular weight excluding hydrogens is 246 g/mol. The van der Waals surface area contributed by atoms with E-state index in [1.165, 1.54) is 18.2 Å². The largest absolute Gasteiger partial charge is 0.507 e. The lowest BCUT2D eigenvalue weighted by molar-refractivity contribution is 0.0915. The predicted molar refractivity (Wildman–Crippen MR) is 72.4 cm³/mol. The number of amides is 1. The van der Waals surface area contributed by atoms with Crippen molar-refractivity contribution in [3.63, 3.8) is 0 Å². The van der Waals surface area contributed by atoms with E-state index in [0.29, 0.717) is 13.2 Å². The number of benzene rings is 1. The highest BCUT2D eigenvalue weighted by Crippen LogP contribution is 2.26. The molecule has 19 heavy (non-hydrogen) atoms. The Bertz CT molecular complexity index is 423. The van der Waals surface area contributed by atoms with E-state index in [0.717, 1.165) is 6.42 Å². The highest BCUT2D eigenvalue weighted by atomic mass is 16.5. The first-order valence-electron chi connectivity index (χ1n) is 6.15. The molecule has 1 aromatic rings. The van der Waals surface area contributed by atoms with Crippen LogP contribution in [0.3, 0.4) is 0 Å². The SMILES string of the molecule is COCCC(C)(C)CNC(=O)c1c(O)cccc1O. The van der Waals surface area contributed by atoms with Gasteiger partial charge in [-0.2, -0.15) is 0 Å². The van der Waals surface area contributed by atoms with Gasteiger partial charge in [-0.25, -0.2) is 0 Å². The van der Waals surface area contributed by atoms with Gasteiger partial charge in [-0.1, -0.05) is 19.9 Å². The maximum atomic E-state index is 11.9. The van der Waals surface area contributed by atoms with Crippen LogP contribution in [0.1, 0.15) is 30.6 Å². The van der Waals surface area contributed by atoms with Crippen molar-refractivity contribution in [2.24, 2.45) is 5.41 Å². The quantitative estimate of drug-likeness (QED) is 0.735. The molecule has 0 aliphatic heterocycles. The van der Waals surface area contributed by atoms with Crippen molar-refractivity contribution in [2.75, 3.05) is 20.3 Å². The van der Waals surface area contributed by atoms with Crippen molar-refractivity contribution in [2.45, 2.75) is 20.3 Å². The number of hydrogen-bond acceptors (Lipinski definition) is 4. The highest BCUT2D eigenvalue weighted by molar-refractivity contribution is 5.99.